The Balaban J connectivity index is 1.50. The van der Waals surface area contributed by atoms with E-state index in [2.05, 4.69) is 9.98 Å². The van der Waals surface area contributed by atoms with Crippen molar-refractivity contribution < 1.29 is 31.4 Å². The summed E-state index contributed by atoms with van der Waals surface area (Å²) in [7, 11) is 3.16. The summed E-state index contributed by atoms with van der Waals surface area (Å²) in [4.78, 5) is 21.4. The largest absolute Gasteiger partial charge is 0.473 e. The van der Waals surface area contributed by atoms with Crippen LogP contribution in [0.15, 0.2) is 51.5 Å². The summed E-state index contributed by atoms with van der Waals surface area (Å²) in [5.41, 5.74) is -1.34. The summed E-state index contributed by atoms with van der Waals surface area (Å²) in [5, 5.41) is 0. The Morgan fingerprint density at radius 2 is 1.91 bits per heavy atom. The van der Waals surface area contributed by atoms with Gasteiger partial charge in [0.05, 0.1) is 0 Å². The molecule has 2 aromatic rings. The number of allylic oxidation sites excluding steroid dienone is 3. The van der Waals surface area contributed by atoms with Gasteiger partial charge in [0.25, 0.3) is 0 Å². The van der Waals surface area contributed by atoms with Gasteiger partial charge in [0, 0.05) is 51.0 Å². The lowest BCUT2D eigenvalue weighted by atomic mass is 9.91. The van der Waals surface area contributed by atoms with Crippen LogP contribution in [-0.2, 0) is 13.2 Å². The van der Waals surface area contributed by atoms with Crippen LogP contribution in [0.4, 0.5) is 27.8 Å². The molecule has 1 aromatic heterocycles. The van der Waals surface area contributed by atoms with Gasteiger partial charge in [-0.1, -0.05) is 0 Å². The second kappa shape index (κ2) is 9.51. The maximum absolute atomic E-state index is 14.6. The van der Waals surface area contributed by atoms with E-state index in [1.165, 1.54) is 17.7 Å². The van der Waals surface area contributed by atoms with Gasteiger partial charge in [-0.2, -0.15) is 18.2 Å². The number of aromatic nitrogens is 2. The Labute approximate surface area is 196 Å². The molecule has 186 valence electrons. The van der Waals surface area contributed by atoms with Crippen LogP contribution in [0.5, 0.6) is 11.6 Å². The van der Waals surface area contributed by atoms with Gasteiger partial charge in [-0.25, -0.2) is 13.6 Å². The van der Waals surface area contributed by atoms with Gasteiger partial charge in [-0.3, -0.25) is 4.57 Å². The highest BCUT2D eigenvalue weighted by Crippen LogP contribution is 2.37. The molecular weight excluding hydrogens is 475 g/mol. The standard InChI is InChI=1S/C23H21F5N4O3/c1-29-11-14-3-4-15(9-16(14)23(26,27)28)35-21-17(24)7-13(8-18(21)25)12-34-19-10-20-31(2)5-6-32(20)22(33)30-19/h4,7-11,14H,3,5-6,12H2,1-2H3. The fourth-order valence-corrected chi connectivity index (χ4v) is 3.88. The van der Waals surface area contributed by atoms with E-state index in [0.29, 0.717) is 25.0 Å². The zero-order chi connectivity index (χ0) is 25.3. The van der Waals surface area contributed by atoms with Gasteiger partial charge < -0.3 is 19.4 Å². The van der Waals surface area contributed by atoms with E-state index < -0.39 is 40.7 Å². The molecule has 1 aliphatic carbocycles. The topological polar surface area (TPSA) is 69.0 Å². The number of ether oxygens (including phenoxy) is 2. The van der Waals surface area contributed by atoms with Crippen molar-refractivity contribution >= 4 is 12.0 Å². The number of likely N-dealkylation sites (N-methyl/N-ethyl adjacent to an activating group) is 1. The minimum atomic E-state index is -4.66. The summed E-state index contributed by atoms with van der Waals surface area (Å²) < 4.78 is 81.5. The van der Waals surface area contributed by atoms with Crippen LogP contribution in [0.1, 0.15) is 12.0 Å². The molecule has 0 N–H and O–H groups in total. The third kappa shape index (κ3) is 5.20. The molecule has 0 amide bonds. The first-order valence-electron chi connectivity index (χ1n) is 10.6. The van der Waals surface area contributed by atoms with Crippen molar-refractivity contribution in [1.29, 1.82) is 0 Å². The number of nitrogens with zero attached hydrogens (tertiary/aromatic N) is 4. The monoisotopic (exact) mass is 496 g/mol. The number of rotatable bonds is 6. The maximum atomic E-state index is 14.6. The Bertz CT molecular complexity index is 1260. The maximum Gasteiger partial charge on any atom is 0.413 e. The van der Waals surface area contributed by atoms with Crippen LogP contribution < -0.4 is 20.1 Å². The first kappa shape index (κ1) is 24.4. The van der Waals surface area contributed by atoms with Crippen molar-refractivity contribution in [2.75, 3.05) is 25.5 Å². The Morgan fingerprint density at radius 1 is 1.20 bits per heavy atom. The minimum absolute atomic E-state index is 0.00139. The quantitative estimate of drug-likeness (QED) is 0.447. The molecule has 0 bridgehead atoms. The molecule has 2 heterocycles. The summed E-state index contributed by atoms with van der Waals surface area (Å²) in [6.45, 7) is 0.840. The smallest absolute Gasteiger partial charge is 0.413 e. The molecule has 1 aromatic carbocycles. The van der Waals surface area contributed by atoms with Crippen molar-refractivity contribution in [2.45, 2.75) is 25.7 Å². The predicted octanol–water partition coefficient (Wildman–Crippen LogP) is 4.02. The SMILES string of the molecule is CN=CC1CC=C(Oc2c(F)cc(COc3cc4n(c(=O)n3)CCN4C)cc2F)C=C1C(F)(F)F. The van der Waals surface area contributed by atoms with E-state index in [9.17, 15) is 26.7 Å². The first-order chi connectivity index (χ1) is 16.6. The van der Waals surface area contributed by atoms with E-state index in [1.54, 1.807) is 13.1 Å². The van der Waals surface area contributed by atoms with Gasteiger partial charge in [0.1, 0.15) is 18.2 Å². The lowest BCUT2D eigenvalue weighted by molar-refractivity contribution is -0.0967. The first-order valence-corrected chi connectivity index (χ1v) is 10.6. The van der Waals surface area contributed by atoms with E-state index >= 15 is 0 Å². The molecule has 0 fully saturated rings. The van der Waals surface area contributed by atoms with Gasteiger partial charge in [-0.05, 0) is 36.3 Å². The number of benzene rings is 1. The molecule has 12 heteroatoms. The molecule has 0 spiro atoms. The molecule has 35 heavy (non-hydrogen) atoms. The molecular formula is C23H21F5N4O3. The van der Waals surface area contributed by atoms with Gasteiger partial charge in [0.15, 0.2) is 17.4 Å². The summed E-state index contributed by atoms with van der Waals surface area (Å²) >= 11 is 0. The normalized spacial score (nSPS) is 17.9. The Kier molecular flexibility index (Phi) is 6.64. The summed E-state index contributed by atoms with van der Waals surface area (Å²) in [6, 6.07) is 3.43. The van der Waals surface area contributed by atoms with E-state index in [1.807, 2.05) is 4.90 Å². The zero-order valence-corrected chi connectivity index (χ0v) is 18.8. The molecule has 1 atom stereocenters. The van der Waals surface area contributed by atoms with Crippen LogP contribution in [0, 0.1) is 17.6 Å². The molecule has 7 nitrogen and oxygen atoms in total. The zero-order valence-electron chi connectivity index (χ0n) is 18.8. The van der Waals surface area contributed by atoms with Crippen LogP contribution in [0.25, 0.3) is 0 Å². The van der Waals surface area contributed by atoms with Crippen LogP contribution >= 0.6 is 0 Å². The minimum Gasteiger partial charge on any atom is -0.473 e. The number of aliphatic imine (C=N–C) groups is 1. The van der Waals surface area contributed by atoms with Crippen LogP contribution in [-0.4, -0.2) is 42.6 Å². The summed E-state index contributed by atoms with van der Waals surface area (Å²) in [5.74, 6) is -3.81. The molecule has 0 radical (unpaired) electrons. The molecule has 4 rings (SSSR count). The van der Waals surface area contributed by atoms with E-state index in [0.717, 1.165) is 18.3 Å². The average Bonchev–Trinajstić information content (AvgIpc) is 3.16. The number of halogens is 5. The highest BCUT2D eigenvalue weighted by molar-refractivity contribution is 5.67. The van der Waals surface area contributed by atoms with Gasteiger partial charge >= 0.3 is 11.9 Å². The predicted molar refractivity (Wildman–Crippen MR) is 118 cm³/mol. The van der Waals surface area contributed by atoms with Crippen molar-refractivity contribution in [1.82, 2.24) is 9.55 Å². The lowest BCUT2D eigenvalue weighted by Gasteiger charge is -2.23. The van der Waals surface area contributed by atoms with Gasteiger partial charge in [-0.15, -0.1) is 0 Å². The van der Waals surface area contributed by atoms with Crippen LogP contribution in [0.2, 0.25) is 0 Å². The van der Waals surface area contributed by atoms with Crippen molar-refractivity contribution in [2.24, 2.45) is 10.9 Å². The third-order valence-electron chi connectivity index (χ3n) is 5.61. The molecule has 1 aliphatic heterocycles. The number of hydrogen-bond acceptors (Lipinski definition) is 6. The fourth-order valence-electron chi connectivity index (χ4n) is 3.88. The highest BCUT2D eigenvalue weighted by Gasteiger charge is 2.39. The molecule has 2 aliphatic rings. The number of alkyl halides is 3. The highest BCUT2D eigenvalue weighted by atomic mass is 19.4. The second-order valence-corrected chi connectivity index (χ2v) is 8.04. The molecule has 0 saturated carbocycles. The average molecular weight is 496 g/mol. The van der Waals surface area contributed by atoms with Crippen molar-refractivity contribution in [3.63, 3.8) is 0 Å². The fraction of sp³-hybridized carbons (Fsp3) is 0.348. The van der Waals surface area contributed by atoms with Crippen LogP contribution in [0.3, 0.4) is 0 Å². The van der Waals surface area contributed by atoms with Gasteiger partial charge in [0.2, 0.25) is 5.88 Å². The van der Waals surface area contributed by atoms with Crippen molar-refractivity contribution in [3.8, 4) is 11.6 Å². The Morgan fingerprint density at radius 3 is 2.57 bits per heavy atom. The number of anilines is 1. The number of hydrogen-bond donors (Lipinski definition) is 0. The van der Waals surface area contributed by atoms with Crippen molar-refractivity contribution in [3.05, 3.63) is 69.4 Å². The number of fused-ring (bicyclic) bond motifs is 1. The Hall–Kier alpha value is -3.70. The molecule has 0 saturated heterocycles. The second-order valence-electron chi connectivity index (χ2n) is 8.04. The lowest BCUT2D eigenvalue weighted by Crippen LogP contribution is -2.24. The summed E-state index contributed by atoms with van der Waals surface area (Å²) in [6.07, 6.45) is -1.57. The molecule has 1 unspecified atom stereocenters. The van der Waals surface area contributed by atoms with E-state index in [4.69, 9.17) is 9.47 Å². The van der Waals surface area contributed by atoms with E-state index in [-0.39, 0.29) is 30.2 Å². The third-order valence-corrected chi connectivity index (χ3v) is 5.61.